The van der Waals surface area contributed by atoms with Crippen LogP contribution in [-0.2, 0) is 13.5 Å². The summed E-state index contributed by atoms with van der Waals surface area (Å²) in [6.07, 6.45) is 2.74. The van der Waals surface area contributed by atoms with E-state index in [2.05, 4.69) is 4.98 Å². The van der Waals surface area contributed by atoms with Gasteiger partial charge in [0.15, 0.2) is 0 Å². The van der Waals surface area contributed by atoms with Crippen LogP contribution < -0.4 is 5.73 Å². The van der Waals surface area contributed by atoms with Gasteiger partial charge in [-0.3, -0.25) is 0 Å². The van der Waals surface area contributed by atoms with E-state index >= 15 is 0 Å². The molecule has 0 aliphatic rings. The molecule has 10 heavy (non-hydrogen) atoms. The van der Waals surface area contributed by atoms with Crippen LogP contribution in [0.15, 0.2) is 6.33 Å². The maximum atomic E-state index is 5.42. The minimum atomic E-state index is 0.695. The lowest BCUT2D eigenvalue weighted by Gasteiger charge is -1.99. The molecule has 0 bridgehead atoms. The molecule has 0 saturated heterocycles. The van der Waals surface area contributed by atoms with E-state index in [4.69, 9.17) is 5.73 Å². The molecule has 0 radical (unpaired) electrons. The summed E-state index contributed by atoms with van der Waals surface area (Å²) in [6.45, 7) is 2.70. The zero-order chi connectivity index (χ0) is 7.56. The summed E-state index contributed by atoms with van der Waals surface area (Å²) in [6, 6.07) is 0. The second-order valence-corrected chi connectivity index (χ2v) is 2.43. The maximum Gasteiger partial charge on any atom is 0.0948 e. The molecule has 3 heteroatoms. The van der Waals surface area contributed by atoms with E-state index in [0.717, 1.165) is 12.1 Å². The first-order valence-corrected chi connectivity index (χ1v) is 3.42. The molecular formula is C7H13N3. The number of nitrogens with zero attached hydrogens (tertiary/aromatic N) is 2. The summed E-state index contributed by atoms with van der Waals surface area (Å²) in [5.74, 6) is 0. The Morgan fingerprint density at radius 1 is 1.70 bits per heavy atom. The van der Waals surface area contributed by atoms with Crippen molar-refractivity contribution in [2.75, 3.05) is 6.54 Å². The fourth-order valence-corrected chi connectivity index (χ4v) is 1.07. The first-order valence-electron chi connectivity index (χ1n) is 3.42. The minimum Gasteiger partial charge on any atom is -0.337 e. The molecule has 1 rings (SSSR count). The highest BCUT2D eigenvalue weighted by Gasteiger charge is 2.01. The number of aryl methyl sites for hydroxylation is 2. The second-order valence-electron chi connectivity index (χ2n) is 2.43. The Balaban J connectivity index is 2.87. The molecule has 0 amide bonds. The van der Waals surface area contributed by atoms with Gasteiger partial charge in [0.1, 0.15) is 0 Å². The first kappa shape index (κ1) is 7.28. The largest absolute Gasteiger partial charge is 0.337 e. The van der Waals surface area contributed by atoms with Crippen molar-refractivity contribution in [3.8, 4) is 0 Å². The molecule has 0 aliphatic heterocycles. The third-order valence-corrected chi connectivity index (χ3v) is 1.65. The number of hydrogen-bond acceptors (Lipinski definition) is 2. The van der Waals surface area contributed by atoms with Crippen LogP contribution in [0.1, 0.15) is 11.4 Å². The highest BCUT2D eigenvalue weighted by Crippen LogP contribution is 2.03. The van der Waals surface area contributed by atoms with Crippen molar-refractivity contribution in [1.29, 1.82) is 0 Å². The number of hydrogen-bond donors (Lipinski definition) is 1. The number of imidazole rings is 1. The first-order chi connectivity index (χ1) is 4.75. The molecule has 2 N–H and O–H groups in total. The molecule has 0 atom stereocenters. The van der Waals surface area contributed by atoms with Crippen molar-refractivity contribution in [1.82, 2.24) is 9.55 Å². The molecule has 0 unspecified atom stereocenters. The van der Waals surface area contributed by atoms with Crippen LogP contribution in [0.25, 0.3) is 0 Å². The molecular weight excluding hydrogens is 126 g/mol. The second kappa shape index (κ2) is 2.84. The summed E-state index contributed by atoms with van der Waals surface area (Å²) in [5, 5.41) is 0. The lowest BCUT2D eigenvalue weighted by atomic mass is 10.2. The van der Waals surface area contributed by atoms with E-state index < -0.39 is 0 Å². The van der Waals surface area contributed by atoms with Crippen molar-refractivity contribution in [3.05, 3.63) is 17.7 Å². The van der Waals surface area contributed by atoms with Crippen molar-refractivity contribution >= 4 is 0 Å². The SMILES string of the molecule is Cc1ncn(C)c1CCN. The molecule has 1 aromatic rings. The fourth-order valence-electron chi connectivity index (χ4n) is 1.07. The van der Waals surface area contributed by atoms with Crippen LogP contribution >= 0.6 is 0 Å². The van der Waals surface area contributed by atoms with E-state index in [0.29, 0.717) is 6.54 Å². The van der Waals surface area contributed by atoms with Crippen LogP contribution in [0, 0.1) is 6.92 Å². The van der Waals surface area contributed by atoms with Gasteiger partial charge in [0, 0.05) is 19.2 Å². The van der Waals surface area contributed by atoms with E-state index in [-0.39, 0.29) is 0 Å². The van der Waals surface area contributed by atoms with Gasteiger partial charge in [-0.2, -0.15) is 0 Å². The molecule has 1 heterocycles. The van der Waals surface area contributed by atoms with Gasteiger partial charge in [0.2, 0.25) is 0 Å². The normalized spacial score (nSPS) is 10.3. The molecule has 0 spiro atoms. The van der Waals surface area contributed by atoms with Crippen LogP contribution in [-0.4, -0.2) is 16.1 Å². The topological polar surface area (TPSA) is 43.8 Å². The van der Waals surface area contributed by atoms with E-state index in [9.17, 15) is 0 Å². The lowest BCUT2D eigenvalue weighted by Crippen LogP contribution is -2.07. The Labute approximate surface area is 60.9 Å². The fraction of sp³-hybridized carbons (Fsp3) is 0.571. The Bertz CT molecular complexity index is 195. The maximum absolute atomic E-state index is 5.42. The third-order valence-electron chi connectivity index (χ3n) is 1.65. The van der Waals surface area contributed by atoms with Crippen LogP contribution in [0.3, 0.4) is 0 Å². The van der Waals surface area contributed by atoms with Crippen LogP contribution in [0.5, 0.6) is 0 Å². The van der Waals surface area contributed by atoms with E-state index in [1.165, 1.54) is 5.69 Å². The Hall–Kier alpha value is -0.830. The van der Waals surface area contributed by atoms with Gasteiger partial charge in [0.25, 0.3) is 0 Å². The number of aromatic nitrogens is 2. The van der Waals surface area contributed by atoms with Gasteiger partial charge in [-0.05, 0) is 13.5 Å². The summed E-state index contributed by atoms with van der Waals surface area (Å²) >= 11 is 0. The highest BCUT2D eigenvalue weighted by molar-refractivity contribution is 5.10. The van der Waals surface area contributed by atoms with Gasteiger partial charge in [0.05, 0.1) is 12.0 Å². The van der Waals surface area contributed by atoms with Crippen molar-refractivity contribution in [3.63, 3.8) is 0 Å². The average molecular weight is 139 g/mol. The summed E-state index contributed by atoms with van der Waals surface area (Å²) < 4.78 is 2.02. The monoisotopic (exact) mass is 139 g/mol. The third kappa shape index (κ3) is 1.19. The Morgan fingerprint density at radius 3 is 2.80 bits per heavy atom. The van der Waals surface area contributed by atoms with Crippen LogP contribution in [0.2, 0.25) is 0 Å². The highest BCUT2D eigenvalue weighted by atomic mass is 15.0. The molecule has 0 fully saturated rings. The van der Waals surface area contributed by atoms with Gasteiger partial charge < -0.3 is 10.3 Å². The molecule has 0 aliphatic carbocycles. The summed E-state index contributed by atoms with van der Waals surface area (Å²) in [7, 11) is 1.99. The minimum absolute atomic E-state index is 0.695. The molecule has 0 aromatic carbocycles. The molecule has 3 nitrogen and oxygen atoms in total. The smallest absolute Gasteiger partial charge is 0.0948 e. The van der Waals surface area contributed by atoms with Crippen molar-refractivity contribution in [2.24, 2.45) is 12.8 Å². The quantitative estimate of drug-likeness (QED) is 0.637. The predicted molar refractivity (Wildman–Crippen MR) is 40.7 cm³/mol. The van der Waals surface area contributed by atoms with E-state index in [1.54, 1.807) is 0 Å². The lowest BCUT2D eigenvalue weighted by molar-refractivity contribution is 0.799. The van der Waals surface area contributed by atoms with Gasteiger partial charge in [-0.1, -0.05) is 0 Å². The van der Waals surface area contributed by atoms with Gasteiger partial charge >= 0.3 is 0 Å². The average Bonchev–Trinajstić information content (AvgIpc) is 2.20. The zero-order valence-electron chi connectivity index (χ0n) is 6.46. The predicted octanol–water partition coefficient (Wildman–Crippen LogP) is 0.230. The summed E-state index contributed by atoms with van der Waals surface area (Å²) in [4.78, 5) is 4.14. The number of nitrogens with two attached hydrogens (primary N) is 1. The van der Waals surface area contributed by atoms with Crippen LogP contribution in [0.4, 0.5) is 0 Å². The van der Waals surface area contributed by atoms with Crippen molar-refractivity contribution < 1.29 is 0 Å². The van der Waals surface area contributed by atoms with Crippen molar-refractivity contribution in [2.45, 2.75) is 13.3 Å². The number of rotatable bonds is 2. The molecule has 1 aromatic heterocycles. The standard InChI is InChI=1S/C7H13N3/c1-6-7(3-4-8)10(2)5-9-6/h5H,3-4,8H2,1-2H3. The van der Waals surface area contributed by atoms with Gasteiger partial charge in [-0.25, -0.2) is 4.98 Å². The Morgan fingerprint density at radius 2 is 2.40 bits per heavy atom. The Kier molecular flexibility index (Phi) is 2.06. The zero-order valence-corrected chi connectivity index (χ0v) is 6.46. The van der Waals surface area contributed by atoms with Gasteiger partial charge in [-0.15, -0.1) is 0 Å². The molecule has 0 saturated carbocycles. The molecule has 56 valence electrons. The van der Waals surface area contributed by atoms with E-state index in [1.807, 2.05) is 24.9 Å². The summed E-state index contributed by atoms with van der Waals surface area (Å²) in [5.41, 5.74) is 7.75.